The first kappa shape index (κ1) is 24.1. The average Bonchev–Trinajstić information content (AvgIpc) is 3.47. The number of alkyl halides is 3. The summed E-state index contributed by atoms with van der Waals surface area (Å²) >= 11 is 0. The van der Waals surface area contributed by atoms with Gasteiger partial charge in [0.2, 0.25) is 0 Å². The van der Waals surface area contributed by atoms with Gasteiger partial charge in [-0.25, -0.2) is 0 Å². The highest BCUT2D eigenvalue weighted by Gasteiger charge is 2.43. The predicted molar refractivity (Wildman–Crippen MR) is 125 cm³/mol. The maximum atomic E-state index is 14.2. The van der Waals surface area contributed by atoms with Gasteiger partial charge in [-0.2, -0.15) is 13.2 Å². The van der Waals surface area contributed by atoms with Crippen LogP contribution in [0.1, 0.15) is 54.2 Å². The second-order valence-corrected chi connectivity index (χ2v) is 9.43. The van der Waals surface area contributed by atoms with Crippen LogP contribution in [0.25, 0.3) is 28.3 Å². The number of nitrogens with two attached hydrogens (primary N) is 1. The average molecular weight is 499 g/mol. The van der Waals surface area contributed by atoms with Crippen molar-refractivity contribution in [1.29, 1.82) is 0 Å². The zero-order chi connectivity index (χ0) is 25.7. The van der Waals surface area contributed by atoms with Crippen LogP contribution in [0, 0.1) is 0 Å². The third-order valence-corrected chi connectivity index (χ3v) is 6.73. The van der Waals surface area contributed by atoms with E-state index in [9.17, 15) is 23.1 Å². The molecule has 0 spiro atoms. The summed E-state index contributed by atoms with van der Waals surface area (Å²) in [6.07, 6.45) is 3.50. The molecule has 1 aromatic carbocycles. The number of nitrogens with zero attached hydrogens (tertiary/aromatic N) is 2. The largest absolute Gasteiger partial charge is 0.480 e. The van der Waals surface area contributed by atoms with Gasteiger partial charge in [-0.15, -0.1) is 0 Å². The van der Waals surface area contributed by atoms with E-state index < -0.39 is 28.9 Å². The van der Waals surface area contributed by atoms with Crippen molar-refractivity contribution >= 4 is 11.5 Å². The Morgan fingerprint density at radius 2 is 1.86 bits per heavy atom. The SMILES string of the molecule is C[C@@](N)(CCc1ccc2c(c1)CCc1c-2noc1-c1noc(C2=CCCC=C2)c1C(F)(F)F)C(=O)O. The zero-order valence-corrected chi connectivity index (χ0v) is 19.5. The summed E-state index contributed by atoms with van der Waals surface area (Å²) in [5, 5.41) is 17.1. The number of hydrogen-bond acceptors (Lipinski definition) is 6. The number of carboxylic acids is 1. The summed E-state index contributed by atoms with van der Waals surface area (Å²) in [7, 11) is 0. The van der Waals surface area contributed by atoms with Gasteiger partial charge in [0.15, 0.2) is 17.2 Å². The molecule has 1 atom stereocenters. The van der Waals surface area contributed by atoms with Gasteiger partial charge < -0.3 is 19.9 Å². The zero-order valence-electron chi connectivity index (χ0n) is 19.5. The van der Waals surface area contributed by atoms with Gasteiger partial charge in [0.05, 0.1) is 0 Å². The highest BCUT2D eigenvalue weighted by molar-refractivity contribution is 5.81. The van der Waals surface area contributed by atoms with Crippen molar-refractivity contribution in [2.45, 2.75) is 57.2 Å². The number of carbonyl (C=O) groups is 1. The van der Waals surface area contributed by atoms with E-state index >= 15 is 0 Å². The van der Waals surface area contributed by atoms with Crippen molar-refractivity contribution in [2.24, 2.45) is 5.73 Å². The van der Waals surface area contributed by atoms with Crippen LogP contribution in [0.15, 0.2) is 45.5 Å². The molecule has 0 radical (unpaired) electrons. The van der Waals surface area contributed by atoms with Gasteiger partial charge in [0.1, 0.15) is 16.8 Å². The molecule has 0 aliphatic heterocycles. The molecule has 2 heterocycles. The Morgan fingerprint density at radius 3 is 2.56 bits per heavy atom. The summed E-state index contributed by atoms with van der Waals surface area (Å²) in [4.78, 5) is 11.3. The van der Waals surface area contributed by atoms with Crippen LogP contribution >= 0.6 is 0 Å². The highest BCUT2D eigenvalue weighted by atomic mass is 19.4. The van der Waals surface area contributed by atoms with Gasteiger partial charge >= 0.3 is 12.1 Å². The molecule has 188 valence electrons. The van der Waals surface area contributed by atoms with Crippen LogP contribution in [0.4, 0.5) is 13.2 Å². The fourth-order valence-corrected chi connectivity index (χ4v) is 4.64. The van der Waals surface area contributed by atoms with Crippen molar-refractivity contribution in [2.75, 3.05) is 0 Å². The number of benzene rings is 1. The van der Waals surface area contributed by atoms with E-state index in [4.69, 9.17) is 14.8 Å². The number of hydrogen-bond donors (Lipinski definition) is 2. The lowest BCUT2D eigenvalue weighted by molar-refractivity contribution is -0.143. The molecule has 2 aliphatic rings. The van der Waals surface area contributed by atoms with Crippen LogP contribution < -0.4 is 5.73 Å². The van der Waals surface area contributed by atoms with Gasteiger partial charge in [-0.1, -0.05) is 46.7 Å². The Morgan fingerprint density at radius 1 is 1.11 bits per heavy atom. The Kier molecular flexibility index (Phi) is 5.86. The van der Waals surface area contributed by atoms with Crippen molar-refractivity contribution in [3.63, 3.8) is 0 Å². The second kappa shape index (κ2) is 8.77. The Bertz CT molecular complexity index is 1400. The van der Waals surface area contributed by atoms with E-state index in [0.29, 0.717) is 42.5 Å². The number of aromatic nitrogens is 2. The number of rotatable bonds is 6. The van der Waals surface area contributed by atoms with Crippen molar-refractivity contribution < 1.29 is 32.1 Å². The summed E-state index contributed by atoms with van der Waals surface area (Å²) in [6.45, 7) is 1.47. The molecule has 5 rings (SSSR count). The van der Waals surface area contributed by atoms with Crippen LogP contribution in [-0.4, -0.2) is 26.9 Å². The third-order valence-electron chi connectivity index (χ3n) is 6.73. The van der Waals surface area contributed by atoms with E-state index in [-0.39, 0.29) is 17.9 Å². The molecule has 0 amide bonds. The molecule has 0 saturated heterocycles. The topological polar surface area (TPSA) is 115 Å². The maximum Gasteiger partial charge on any atom is 0.422 e. The Balaban J connectivity index is 1.49. The number of fused-ring (bicyclic) bond motifs is 3. The smallest absolute Gasteiger partial charge is 0.422 e. The molecule has 0 unspecified atom stereocenters. The Labute approximate surface area is 204 Å². The van der Waals surface area contributed by atoms with Crippen molar-refractivity contribution in [3.8, 4) is 22.7 Å². The normalized spacial score (nSPS) is 16.8. The molecular formula is C26H24F3N3O4. The summed E-state index contributed by atoms with van der Waals surface area (Å²) in [5.74, 6) is -1.43. The number of aliphatic carboxylic acids is 1. The molecule has 0 saturated carbocycles. The minimum absolute atomic E-state index is 0.0391. The van der Waals surface area contributed by atoms with Crippen LogP contribution in [-0.2, 0) is 30.2 Å². The standard InChI is InChI=1S/C26H24F3N3O4/c1-25(30,24(33)34)12-11-14-7-9-17-16(13-14)8-10-18-20(17)31-36-23(18)21-19(26(27,28)29)22(35-32-21)15-5-3-2-4-6-15/h3,5-7,9,13H,2,4,8,10-12,30H2,1H3,(H,33,34)/t25-/m1/s1. The van der Waals surface area contributed by atoms with E-state index in [1.54, 1.807) is 18.2 Å². The summed E-state index contributed by atoms with van der Waals surface area (Å²) < 4.78 is 53.1. The van der Waals surface area contributed by atoms with Crippen LogP contribution in [0.2, 0.25) is 0 Å². The third kappa shape index (κ3) is 4.26. The van der Waals surface area contributed by atoms with Gasteiger partial charge in [0.25, 0.3) is 0 Å². The number of allylic oxidation sites excluding steroid dienone is 4. The lowest BCUT2D eigenvalue weighted by Crippen LogP contribution is -2.45. The maximum absolute atomic E-state index is 14.2. The monoisotopic (exact) mass is 499 g/mol. The first-order valence-corrected chi connectivity index (χ1v) is 11.6. The lowest BCUT2D eigenvalue weighted by atomic mass is 9.86. The van der Waals surface area contributed by atoms with E-state index in [2.05, 4.69) is 10.3 Å². The van der Waals surface area contributed by atoms with Gasteiger partial charge in [0, 0.05) is 16.7 Å². The minimum atomic E-state index is -4.70. The quantitative estimate of drug-likeness (QED) is 0.455. The molecular weight excluding hydrogens is 475 g/mol. The summed E-state index contributed by atoms with van der Waals surface area (Å²) in [5.41, 5.74) is 7.15. The molecule has 10 heteroatoms. The highest BCUT2D eigenvalue weighted by Crippen LogP contribution is 2.46. The fourth-order valence-electron chi connectivity index (χ4n) is 4.64. The molecule has 0 bridgehead atoms. The lowest BCUT2D eigenvalue weighted by Gasteiger charge is -2.20. The molecule has 36 heavy (non-hydrogen) atoms. The van der Waals surface area contributed by atoms with Gasteiger partial charge in [-0.3, -0.25) is 4.79 Å². The van der Waals surface area contributed by atoms with E-state index in [1.165, 1.54) is 6.92 Å². The molecule has 3 N–H and O–H groups in total. The van der Waals surface area contributed by atoms with Crippen molar-refractivity contribution in [1.82, 2.24) is 10.3 Å². The number of halogens is 3. The number of aryl methyl sites for hydroxylation is 2. The second-order valence-electron chi connectivity index (χ2n) is 9.43. The first-order valence-electron chi connectivity index (χ1n) is 11.6. The number of carboxylic acid groups (broad SMARTS) is 1. The minimum Gasteiger partial charge on any atom is -0.480 e. The molecule has 3 aromatic rings. The fraction of sp³-hybridized carbons (Fsp3) is 0.346. The predicted octanol–water partition coefficient (Wildman–Crippen LogP) is 5.58. The van der Waals surface area contributed by atoms with Crippen LogP contribution in [0.3, 0.4) is 0 Å². The molecule has 0 fully saturated rings. The van der Waals surface area contributed by atoms with Gasteiger partial charge in [-0.05, 0) is 56.6 Å². The van der Waals surface area contributed by atoms with Crippen LogP contribution in [0.5, 0.6) is 0 Å². The van der Waals surface area contributed by atoms with Crippen molar-refractivity contribution in [3.05, 3.63) is 64.4 Å². The first-order chi connectivity index (χ1) is 17.1. The van der Waals surface area contributed by atoms with E-state index in [1.807, 2.05) is 18.2 Å². The Hall–Kier alpha value is -3.66. The van der Waals surface area contributed by atoms with E-state index in [0.717, 1.165) is 23.1 Å². The molecule has 2 aliphatic carbocycles. The molecule has 2 aromatic heterocycles. The summed E-state index contributed by atoms with van der Waals surface area (Å²) in [6, 6.07) is 5.64. The molecule has 7 nitrogen and oxygen atoms in total.